The van der Waals surface area contributed by atoms with E-state index in [4.69, 9.17) is 0 Å². The lowest BCUT2D eigenvalue weighted by Crippen LogP contribution is -2.19. The van der Waals surface area contributed by atoms with Crippen LogP contribution in [0.15, 0.2) is 0 Å². The Hall–Kier alpha value is -0.990. The molecule has 0 amide bonds. The molecule has 98 valence electrons. The summed E-state index contributed by atoms with van der Waals surface area (Å²) in [4.78, 5) is 0. The molecule has 1 aromatic rings. The van der Waals surface area contributed by atoms with Crippen LogP contribution >= 0.6 is 0 Å². The molecule has 1 aromatic heterocycles. The van der Waals surface area contributed by atoms with Gasteiger partial charge in [0.2, 0.25) is 0 Å². The van der Waals surface area contributed by atoms with Crippen LogP contribution in [0.4, 0.5) is 0 Å². The summed E-state index contributed by atoms with van der Waals surface area (Å²) in [6, 6.07) is 0.271. The molecule has 0 aliphatic rings. The lowest BCUT2D eigenvalue weighted by Gasteiger charge is -2.22. The van der Waals surface area contributed by atoms with Crippen LogP contribution in [0.5, 0.6) is 5.75 Å². The maximum absolute atomic E-state index is 10.4. The van der Waals surface area contributed by atoms with Gasteiger partial charge in [-0.15, -0.1) is 0 Å². The van der Waals surface area contributed by atoms with Crippen molar-refractivity contribution in [1.29, 1.82) is 0 Å². The zero-order chi connectivity index (χ0) is 13.4. The predicted octanol–water partition coefficient (Wildman–Crippen LogP) is 3.98. The third kappa shape index (κ3) is 2.64. The van der Waals surface area contributed by atoms with Gasteiger partial charge in [0.15, 0.2) is 5.75 Å². The van der Waals surface area contributed by atoms with Crippen molar-refractivity contribution in [1.82, 2.24) is 9.78 Å². The standard InChI is InChI=1S/C14H26N2O/c1-8-10(4)11-12(17)13(14(5,6)7)16(15-11)9(2)3/h9-10,17H,8H2,1-7H3. The summed E-state index contributed by atoms with van der Waals surface area (Å²) in [5.41, 5.74) is 1.70. The zero-order valence-corrected chi connectivity index (χ0v) is 12.2. The highest BCUT2D eigenvalue weighted by Crippen LogP contribution is 2.38. The van der Waals surface area contributed by atoms with E-state index in [0.717, 1.165) is 17.8 Å². The topological polar surface area (TPSA) is 38.0 Å². The highest BCUT2D eigenvalue weighted by molar-refractivity contribution is 5.38. The molecule has 0 fully saturated rings. The average molecular weight is 238 g/mol. The second-order valence-electron chi connectivity index (χ2n) is 6.18. The molecule has 0 saturated carbocycles. The van der Waals surface area contributed by atoms with Crippen LogP contribution in [0.1, 0.15) is 78.2 Å². The largest absolute Gasteiger partial charge is 0.504 e. The zero-order valence-electron chi connectivity index (χ0n) is 12.2. The normalized spacial score (nSPS) is 14.4. The smallest absolute Gasteiger partial charge is 0.160 e. The predicted molar refractivity (Wildman–Crippen MR) is 71.7 cm³/mol. The number of rotatable bonds is 3. The van der Waals surface area contributed by atoms with E-state index in [-0.39, 0.29) is 11.5 Å². The minimum Gasteiger partial charge on any atom is -0.504 e. The Bertz CT molecular complexity index is 386. The molecule has 1 atom stereocenters. The molecule has 0 saturated heterocycles. The molecule has 1 rings (SSSR count). The van der Waals surface area contributed by atoms with Gasteiger partial charge in [-0.3, -0.25) is 4.68 Å². The van der Waals surface area contributed by atoms with Gasteiger partial charge in [-0.1, -0.05) is 34.6 Å². The van der Waals surface area contributed by atoms with Gasteiger partial charge in [0.05, 0.1) is 5.69 Å². The Labute approximate surface area is 105 Å². The summed E-state index contributed by atoms with van der Waals surface area (Å²) >= 11 is 0. The summed E-state index contributed by atoms with van der Waals surface area (Å²) < 4.78 is 1.97. The molecule has 1 unspecified atom stereocenters. The van der Waals surface area contributed by atoms with Gasteiger partial charge in [-0.2, -0.15) is 5.10 Å². The molecule has 17 heavy (non-hydrogen) atoms. The van der Waals surface area contributed by atoms with Crippen LogP contribution in [-0.2, 0) is 5.41 Å². The highest BCUT2D eigenvalue weighted by Gasteiger charge is 2.29. The summed E-state index contributed by atoms with van der Waals surface area (Å²) in [5, 5.41) is 15.0. The molecule has 3 heteroatoms. The maximum Gasteiger partial charge on any atom is 0.160 e. The molecule has 0 spiro atoms. The lowest BCUT2D eigenvalue weighted by atomic mass is 9.89. The summed E-state index contributed by atoms with van der Waals surface area (Å²) in [6.45, 7) is 14.8. The molecule has 0 radical (unpaired) electrons. The second-order valence-corrected chi connectivity index (χ2v) is 6.18. The molecule has 0 aromatic carbocycles. The average Bonchev–Trinajstić information content (AvgIpc) is 2.54. The van der Waals surface area contributed by atoms with E-state index >= 15 is 0 Å². The van der Waals surface area contributed by atoms with Crippen molar-refractivity contribution in [2.24, 2.45) is 0 Å². The number of hydrogen-bond acceptors (Lipinski definition) is 2. The fourth-order valence-corrected chi connectivity index (χ4v) is 2.04. The second kappa shape index (κ2) is 4.71. The first kappa shape index (κ1) is 14.1. The Morgan fingerprint density at radius 1 is 1.24 bits per heavy atom. The number of aromatic hydroxyl groups is 1. The Morgan fingerprint density at radius 3 is 2.06 bits per heavy atom. The van der Waals surface area contributed by atoms with Crippen LogP contribution in [0.2, 0.25) is 0 Å². The van der Waals surface area contributed by atoms with Gasteiger partial charge >= 0.3 is 0 Å². The fourth-order valence-electron chi connectivity index (χ4n) is 2.04. The summed E-state index contributed by atoms with van der Waals surface area (Å²) in [6.07, 6.45) is 0.992. The summed E-state index contributed by atoms with van der Waals surface area (Å²) in [7, 11) is 0. The van der Waals surface area contributed by atoms with Crippen LogP contribution in [0.25, 0.3) is 0 Å². The van der Waals surface area contributed by atoms with Gasteiger partial charge < -0.3 is 5.11 Å². The SMILES string of the molecule is CCC(C)c1nn(C(C)C)c(C(C)(C)C)c1O. The molecule has 3 nitrogen and oxygen atoms in total. The summed E-state index contributed by atoms with van der Waals surface area (Å²) in [5.74, 6) is 0.691. The van der Waals surface area contributed by atoms with E-state index in [9.17, 15) is 5.11 Å². The monoisotopic (exact) mass is 238 g/mol. The maximum atomic E-state index is 10.4. The Balaban J connectivity index is 3.41. The minimum absolute atomic E-state index is 0.0902. The van der Waals surface area contributed by atoms with Gasteiger partial charge in [-0.05, 0) is 20.3 Å². The van der Waals surface area contributed by atoms with Crippen LogP contribution in [-0.4, -0.2) is 14.9 Å². The van der Waals surface area contributed by atoms with Crippen molar-refractivity contribution in [3.63, 3.8) is 0 Å². The molecule has 1 N–H and O–H groups in total. The first-order valence-electron chi connectivity index (χ1n) is 6.52. The first-order valence-corrected chi connectivity index (χ1v) is 6.52. The Morgan fingerprint density at radius 2 is 1.76 bits per heavy atom. The van der Waals surface area contributed by atoms with Crippen LogP contribution in [0.3, 0.4) is 0 Å². The van der Waals surface area contributed by atoms with Gasteiger partial charge in [0.1, 0.15) is 5.69 Å². The number of hydrogen-bond donors (Lipinski definition) is 1. The molecular weight excluding hydrogens is 212 g/mol. The lowest BCUT2D eigenvalue weighted by molar-refractivity contribution is 0.407. The first-order chi connectivity index (χ1) is 7.70. The van der Waals surface area contributed by atoms with E-state index < -0.39 is 0 Å². The van der Waals surface area contributed by atoms with E-state index in [2.05, 4.69) is 53.6 Å². The third-order valence-corrected chi connectivity index (χ3v) is 3.19. The van der Waals surface area contributed by atoms with E-state index in [1.807, 2.05) is 4.68 Å². The molecule has 1 heterocycles. The number of aromatic nitrogens is 2. The van der Waals surface area contributed by atoms with Crippen molar-refractivity contribution >= 4 is 0 Å². The highest BCUT2D eigenvalue weighted by atomic mass is 16.3. The third-order valence-electron chi connectivity index (χ3n) is 3.19. The van der Waals surface area contributed by atoms with Crippen molar-refractivity contribution < 1.29 is 5.11 Å². The quantitative estimate of drug-likeness (QED) is 0.865. The fraction of sp³-hybridized carbons (Fsp3) is 0.786. The van der Waals surface area contributed by atoms with E-state index in [1.165, 1.54) is 0 Å². The van der Waals surface area contributed by atoms with Crippen molar-refractivity contribution in [2.45, 2.75) is 72.3 Å². The Kier molecular flexibility index (Phi) is 3.90. The van der Waals surface area contributed by atoms with Crippen molar-refractivity contribution in [3.05, 3.63) is 11.4 Å². The molecule has 0 bridgehead atoms. The van der Waals surface area contributed by atoms with Crippen molar-refractivity contribution in [2.75, 3.05) is 0 Å². The van der Waals surface area contributed by atoms with E-state index in [1.54, 1.807) is 0 Å². The molecular formula is C14H26N2O. The van der Waals surface area contributed by atoms with Crippen molar-refractivity contribution in [3.8, 4) is 5.75 Å². The van der Waals surface area contributed by atoms with Gasteiger partial charge in [-0.25, -0.2) is 0 Å². The molecule has 0 aliphatic carbocycles. The molecule has 0 aliphatic heterocycles. The van der Waals surface area contributed by atoms with Crippen LogP contribution in [0, 0.1) is 0 Å². The number of nitrogens with zero attached hydrogens (tertiary/aromatic N) is 2. The van der Waals surface area contributed by atoms with E-state index in [0.29, 0.717) is 11.7 Å². The van der Waals surface area contributed by atoms with Gasteiger partial charge in [0.25, 0.3) is 0 Å². The minimum atomic E-state index is -0.0902. The van der Waals surface area contributed by atoms with Crippen LogP contribution < -0.4 is 0 Å². The van der Waals surface area contributed by atoms with Gasteiger partial charge in [0, 0.05) is 17.4 Å².